The van der Waals surface area contributed by atoms with Crippen LogP contribution in [-0.4, -0.2) is 9.78 Å². The van der Waals surface area contributed by atoms with Gasteiger partial charge >= 0.3 is 0 Å². The Labute approximate surface area is 95.9 Å². The van der Waals surface area contributed by atoms with E-state index in [1.165, 1.54) is 22.4 Å². The Morgan fingerprint density at radius 1 is 1.31 bits per heavy atom. The maximum atomic E-state index is 5.77. The highest BCUT2D eigenvalue weighted by Crippen LogP contribution is 2.26. The van der Waals surface area contributed by atoms with Crippen molar-refractivity contribution < 1.29 is 0 Å². The predicted octanol–water partition coefficient (Wildman–Crippen LogP) is 2.34. The minimum absolute atomic E-state index is 0.560. The molecule has 0 aliphatic rings. The molecule has 2 rings (SSSR count). The van der Waals surface area contributed by atoms with Gasteiger partial charge in [0.1, 0.15) is 0 Å². The highest BCUT2D eigenvalue weighted by atomic mass is 15.3. The summed E-state index contributed by atoms with van der Waals surface area (Å²) in [5, 5.41) is 4.36. The van der Waals surface area contributed by atoms with Crippen LogP contribution in [0.15, 0.2) is 30.5 Å². The third kappa shape index (κ3) is 1.74. The molecule has 3 heteroatoms. The van der Waals surface area contributed by atoms with E-state index in [1.807, 2.05) is 23.0 Å². The summed E-state index contributed by atoms with van der Waals surface area (Å²) in [6.45, 7) is 5.62. The first kappa shape index (κ1) is 10.9. The summed E-state index contributed by atoms with van der Waals surface area (Å²) in [7, 11) is 0. The van der Waals surface area contributed by atoms with Crippen molar-refractivity contribution in [2.24, 2.45) is 5.73 Å². The number of hydrogen-bond donors (Lipinski definition) is 1. The van der Waals surface area contributed by atoms with Crippen LogP contribution >= 0.6 is 0 Å². The van der Waals surface area contributed by atoms with Crippen molar-refractivity contribution in [3.63, 3.8) is 0 Å². The van der Waals surface area contributed by atoms with Crippen LogP contribution in [0.3, 0.4) is 0 Å². The fraction of sp³-hybridized carbons (Fsp3) is 0.308. The molecular weight excluding hydrogens is 198 g/mol. The van der Waals surface area contributed by atoms with Gasteiger partial charge in [0, 0.05) is 18.7 Å². The van der Waals surface area contributed by atoms with Gasteiger partial charge in [0.15, 0.2) is 0 Å². The maximum Gasteiger partial charge on any atom is 0.0714 e. The smallest absolute Gasteiger partial charge is 0.0714 e. The molecule has 0 unspecified atom stereocenters. The molecule has 0 saturated carbocycles. The molecule has 0 amide bonds. The van der Waals surface area contributed by atoms with Crippen LogP contribution in [-0.2, 0) is 13.1 Å². The molecule has 0 radical (unpaired) electrons. The lowest BCUT2D eigenvalue weighted by molar-refractivity contribution is 0.666. The SMILES string of the molecule is CCn1ncc(C)c1-c1ccccc1CN. The van der Waals surface area contributed by atoms with Gasteiger partial charge in [-0.1, -0.05) is 24.3 Å². The lowest BCUT2D eigenvalue weighted by Gasteiger charge is -2.10. The number of benzene rings is 1. The Hall–Kier alpha value is -1.61. The van der Waals surface area contributed by atoms with E-state index in [0.29, 0.717) is 6.54 Å². The molecule has 0 atom stereocenters. The number of aryl methyl sites for hydroxylation is 2. The zero-order chi connectivity index (χ0) is 11.5. The van der Waals surface area contributed by atoms with Crippen molar-refractivity contribution in [2.75, 3.05) is 0 Å². The second kappa shape index (κ2) is 4.49. The third-order valence-corrected chi connectivity index (χ3v) is 2.81. The van der Waals surface area contributed by atoms with Gasteiger partial charge in [-0.2, -0.15) is 5.10 Å². The van der Waals surface area contributed by atoms with Crippen molar-refractivity contribution in [2.45, 2.75) is 26.9 Å². The fourth-order valence-corrected chi connectivity index (χ4v) is 2.00. The van der Waals surface area contributed by atoms with Crippen molar-refractivity contribution in [3.8, 4) is 11.3 Å². The first-order valence-corrected chi connectivity index (χ1v) is 5.58. The Bertz CT molecular complexity index is 486. The first-order chi connectivity index (χ1) is 7.77. The topological polar surface area (TPSA) is 43.8 Å². The van der Waals surface area contributed by atoms with E-state index in [1.54, 1.807) is 0 Å². The van der Waals surface area contributed by atoms with Crippen molar-refractivity contribution in [1.29, 1.82) is 0 Å². The van der Waals surface area contributed by atoms with Crippen LogP contribution in [0.25, 0.3) is 11.3 Å². The Morgan fingerprint density at radius 2 is 2.06 bits per heavy atom. The lowest BCUT2D eigenvalue weighted by Crippen LogP contribution is -2.04. The molecule has 1 heterocycles. The molecule has 0 bridgehead atoms. The number of aromatic nitrogens is 2. The second-order valence-corrected chi connectivity index (χ2v) is 3.85. The molecule has 1 aromatic carbocycles. The standard InChI is InChI=1S/C13H17N3/c1-3-16-13(10(2)9-15-16)12-7-5-4-6-11(12)8-14/h4-7,9H,3,8,14H2,1-2H3. The van der Waals surface area contributed by atoms with Crippen molar-refractivity contribution in [3.05, 3.63) is 41.6 Å². The molecular formula is C13H17N3. The summed E-state index contributed by atoms with van der Waals surface area (Å²) in [4.78, 5) is 0. The summed E-state index contributed by atoms with van der Waals surface area (Å²) in [5.41, 5.74) is 10.5. The molecule has 0 spiro atoms. The monoisotopic (exact) mass is 215 g/mol. The highest BCUT2D eigenvalue weighted by molar-refractivity contribution is 5.67. The van der Waals surface area contributed by atoms with Gasteiger partial charge in [0.05, 0.1) is 11.9 Å². The van der Waals surface area contributed by atoms with Crippen LogP contribution < -0.4 is 5.73 Å². The van der Waals surface area contributed by atoms with E-state index in [4.69, 9.17) is 5.73 Å². The summed E-state index contributed by atoms with van der Waals surface area (Å²) >= 11 is 0. The van der Waals surface area contributed by atoms with E-state index in [0.717, 1.165) is 6.54 Å². The van der Waals surface area contributed by atoms with Crippen molar-refractivity contribution >= 4 is 0 Å². The van der Waals surface area contributed by atoms with Gasteiger partial charge in [0.2, 0.25) is 0 Å². The van der Waals surface area contributed by atoms with Gasteiger partial charge in [-0.3, -0.25) is 4.68 Å². The second-order valence-electron chi connectivity index (χ2n) is 3.85. The van der Waals surface area contributed by atoms with Gasteiger partial charge in [0.25, 0.3) is 0 Å². The molecule has 84 valence electrons. The van der Waals surface area contributed by atoms with Gasteiger partial charge in [-0.05, 0) is 25.0 Å². The zero-order valence-corrected chi connectivity index (χ0v) is 9.77. The van der Waals surface area contributed by atoms with Crippen LogP contribution in [0.1, 0.15) is 18.1 Å². The molecule has 0 aliphatic heterocycles. The van der Waals surface area contributed by atoms with E-state index >= 15 is 0 Å². The van der Waals surface area contributed by atoms with Crippen LogP contribution in [0.2, 0.25) is 0 Å². The fourth-order valence-electron chi connectivity index (χ4n) is 2.00. The number of nitrogens with zero attached hydrogens (tertiary/aromatic N) is 2. The summed E-state index contributed by atoms with van der Waals surface area (Å²) < 4.78 is 2.02. The van der Waals surface area contributed by atoms with E-state index < -0.39 is 0 Å². The minimum Gasteiger partial charge on any atom is -0.326 e. The van der Waals surface area contributed by atoms with Crippen LogP contribution in [0.5, 0.6) is 0 Å². The van der Waals surface area contributed by atoms with Crippen molar-refractivity contribution in [1.82, 2.24) is 9.78 Å². The Balaban J connectivity index is 2.61. The molecule has 2 aromatic rings. The van der Waals surface area contributed by atoms with E-state index in [9.17, 15) is 0 Å². The maximum absolute atomic E-state index is 5.77. The molecule has 16 heavy (non-hydrogen) atoms. The summed E-state index contributed by atoms with van der Waals surface area (Å²) in [6.07, 6.45) is 1.91. The van der Waals surface area contributed by atoms with Crippen LogP contribution in [0, 0.1) is 6.92 Å². The molecule has 0 aliphatic carbocycles. The predicted molar refractivity (Wildman–Crippen MR) is 66.0 cm³/mol. The molecule has 3 nitrogen and oxygen atoms in total. The summed E-state index contributed by atoms with van der Waals surface area (Å²) in [5.74, 6) is 0. The van der Waals surface area contributed by atoms with Crippen LogP contribution in [0.4, 0.5) is 0 Å². The first-order valence-electron chi connectivity index (χ1n) is 5.58. The highest BCUT2D eigenvalue weighted by Gasteiger charge is 2.11. The van der Waals surface area contributed by atoms with Gasteiger partial charge in [-0.25, -0.2) is 0 Å². The number of rotatable bonds is 3. The number of nitrogens with two attached hydrogens (primary N) is 1. The molecule has 1 aromatic heterocycles. The molecule has 0 fully saturated rings. The quantitative estimate of drug-likeness (QED) is 0.854. The largest absolute Gasteiger partial charge is 0.326 e. The summed E-state index contributed by atoms with van der Waals surface area (Å²) in [6, 6.07) is 8.24. The Morgan fingerprint density at radius 3 is 2.75 bits per heavy atom. The minimum atomic E-state index is 0.560. The lowest BCUT2D eigenvalue weighted by atomic mass is 10.0. The molecule has 0 saturated heterocycles. The normalized spacial score (nSPS) is 10.7. The average Bonchev–Trinajstić information content (AvgIpc) is 2.70. The third-order valence-electron chi connectivity index (χ3n) is 2.81. The molecule has 2 N–H and O–H groups in total. The number of hydrogen-bond acceptors (Lipinski definition) is 2. The van der Waals surface area contributed by atoms with Gasteiger partial charge < -0.3 is 5.73 Å². The van der Waals surface area contributed by atoms with E-state index in [-0.39, 0.29) is 0 Å². The van der Waals surface area contributed by atoms with Gasteiger partial charge in [-0.15, -0.1) is 0 Å². The average molecular weight is 215 g/mol. The van der Waals surface area contributed by atoms with E-state index in [2.05, 4.69) is 31.1 Å². The zero-order valence-electron chi connectivity index (χ0n) is 9.77. The Kier molecular flexibility index (Phi) is 3.06.